The van der Waals surface area contributed by atoms with Crippen molar-refractivity contribution < 1.29 is 9.18 Å². The molecule has 140 valence electrons. The summed E-state index contributed by atoms with van der Waals surface area (Å²) >= 11 is 0. The van der Waals surface area contributed by atoms with Gasteiger partial charge in [-0.15, -0.1) is 0 Å². The van der Waals surface area contributed by atoms with Gasteiger partial charge in [0.1, 0.15) is 5.82 Å². The molecule has 1 saturated carbocycles. The lowest BCUT2D eigenvalue weighted by atomic mass is 10.1. The summed E-state index contributed by atoms with van der Waals surface area (Å²) in [6.07, 6.45) is 5.98. The van der Waals surface area contributed by atoms with Crippen molar-refractivity contribution in [3.8, 4) is 5.69 Å². The zero-order chi connectivity index (χ0) is 19.2. The number of carbonyl (C=O) groups excluding carboxylic acids is 1. The number of nitrogens with one attached hydrogen (secondary N) is 1. The molecule has 6 heteroatoms. The summed E-state index contributed by atoms with van der Waals surface area (Å²) in [6.45, 7) is 6.19. The summed E-state index contributed by atoms with van der Waals surface area (Å²) in [5.74, 6) is -0.410. The molecule has 0 spiro atoms. The van der Waals surface area contributed by atoms with Gasteiger partial charge in [-0.3, -0.25) is 9.48 Å². The average molecular weight is 366 g/mol. The molecule has 0 bridgehead atoms. The molecular formula is C21H23FN4O. The van der Waals surface area contributed by atoms with Crippen LogP contribution in [0.5, 0.6) is 0 Å². The number of nitrogens with zero attached hydrogens (tertiary/aromatic N) is 3. The number of amides is 1. The van der Waals surface area contributed by atoms with Crippen LogP contribution in [0, 0.1) is 5.82 Å². The molecule has 1 aromatic carbocycles. The lowest BCUT2D eigenvalue weighted by Crippen LogP contribution is -2.25. The smallest absolute Gasteiger partial charge is 0.276 e. The second kappa shape index (κ2) is 6.37. The van der Waals surface area contributed by atoms with Crippen molar-refractivity contribution >= 4 is 11.6 Å². The van der Waals surface area contributed by atoms with Gasteiger partial charge in [-0.05, 0) is 70.0 Å². The Kier molecular flexibility index (Phi) is 4.13. The summed E-state index contributed by atoms with van der Waals surface area (Å²) in [5.41, 5.74) is 2.10. The Morgan fingerprint density at radius 3 is 2.52 bits per heavy atom. The van der Waals surface area contributed by atoms with Gasteiger partial charge in [0, 0.05) is 29.7 Å². The van der Waals surface area contributed by atoms with Gasteiger partial charge in [-0.2, -0.15) is 5.10 Å². The Morgan fingerprint density at radius 1 is 1.19 bits per heavy atom. The highest BCUT2D eigenvalue weighted by Gasteiger charge is 2.32. The largest absolute Gasteiger partial charge is 0.324 e. The van der Waals surface area contributed by atoms with Crippen molar-refractivity contribution in [3.63, 3.8) is 0 Å². The quantitative estimate of drug-likeness (QED) is 0.728. The Balaban J connectivity index is 1.62. The predicted octanol–water partition coefficient (Wildman–Crippen LogP) is 4.70. The third kappa shape index (κ3) is 3.52. The molecular weight excluding hydrogens is 343 g/mol. The number of hydrogen-bond donors (Lipinski definition) is 1. The number of carbonyl (C=O) groups is 1. The van der Waals surface area contributed by atoms with Gasteiger partial charge in [0.15, 0.2) is 5.69 Å². The van der Waals surface area contributed by atoms with E-state index in [1.54, 1.807) is 12.1 Å². The monoisotopic (exact) mass is 366 g/mol. The van der Waals surface area contributed by atoms with E-state index in [1.807, 2.05) is 39.8 Å². The molecule has 2 aromatic heterocycles. The van der Waals surface area contributed by atoms with Crippen LogP contribution in [-0.4, -0.2) is 20.3 Å². The highest BCUT2D eigenvalue weighted by atomic mass is 19.1. The molecule has 0 saturated heterocycles. The number of rotatable bonds is 4. The van der Waals surface area contributed by atoms with E-state index < -0.39 is 11.7 Å². The third-order valence-electron chi connectivity index (χ3n) is 4.70. The lowest BCUT2D eigenvalue weighted by Gasteiger charge is -2.22. The molecule has 0 radical (unpaired) electrons. The van der Waals surface area contributed by atoms with Crippen LogP contribution < -0.4 is 5.32 Å². The van der Waals surface area contributed by atoms with Crippen LogP contribution in [0.15, 0.2) is 48.8 Å². The number of anilines is 1. The van der Waals surface area contributed by atoms with Crippen molar-refractivity contribution in [2.75, 3.05) is 5.32 Å². The molecule has 2 heterocycles. The van der Waals surface area contributed by atoms with E-state index in [0.29, 0.717) is 11.6 Å². The van der Waals surface area contributed by atoms with Crippen molar-refractivity contribution in [1.82, 2.24) is 14.3 Å². The van der Waals surface area contributed by atoms with E-state index in [4.69, 9.17) is 0 Å². The normalized spacial score (nSPS) is 14.4. The zero-order valence-electron chi connectivity index (χ0n) is 15.7. The first-order valence-electron chi connectivity index (χ1n) is 9.17. The van der Waals surface area contributed by atoms with Gasteiger partial charge in [-0.25, -0.2) is 4.39 Å². The van der Waals surface area contributed by atoms with Crippen molar-refractivity contribution in [2.24, 2.45) is 0 Å². The minimum atomic E-state index is -0.475. The Hall–Kier alpha value is -2.89. The van der Waals surface area contributed by atoms with Crippen LogP contribution in [0.2, 0.25) is 0 Å². The third-order valence-corrected chi connectivity index (χ3v) is 4.70. The molecule has 1 N–H and O–H groups in total. The van der Waals surface area contributed by atoms with Crippen molar-refractivity contribution in [2.45, 2.75) is 45.1 Å². The molecule has 4 rings (SSSR count). The van der Waals surface area contributed by atoms with E-state index in [2.05, 4.69) is 31.2 Å². The van der Waals surface area contributed by atoms with E-state index >= 15 is 0 Å². The first kappa shape index (κ1) is 17.5. The van der Waals surface area contributed by atoms with Gasteiger partial charge < -0.3 is 9.88 Å². The number of aromatic nitrogens is 3. The molecule has 1 aliphatic rings. The standard InChI is InChI=1S/C21H23FN4O/c1-21(2,3)26-19(14-6-7-14)13-18(24-26)20(27)23-17-12-15(8-9-16(17)22)25-10-4-5-11-25/h4-5,8-14H,6-7H2,1-3H3,(H,23,27). The number of halogens is 1. The summed E-state index contributed by atoms with van der Waals surface area (Å²) in [4.78, 5) is 12.7. The molecule has 27 heavy (non-hydrogen) atoms. The van der Waals surface area contributed by atoms with Crippen LogP contribution in [0.3, 0.4) is 0 Å². The Labute approximate surface area is 157 Å². The molecule has 1 amide bonds. The minimum Gasteiger partial charge on any atom is -0.324 e. The molecule has 0 aliphatic heterocycles. The summed E-state index contributed by atoms with van der Waals surface area (Å²) in [6, 6.07) is 10.3. The lowest BCUT2D eigenvalue weighted by molar-refractivity contribution is 0.102. The number of benzene rings is 1. The molecule has 3 aromatic rings. The first-order valence-corrected chi connectivity index (χ1v) is 9.17. The van der Waals surface area contributed by atoms with Gasteiger partial charge >= 0.3 is 0 Å². The molecule has 0 unspecified atom stereocenters. The zero-order valence-corrected chi connectivity index (χ0v) is 15.7. The molecule has 5 nitrogen and oxygen atoms in total. The van der Waals surface area contributed by atoms with Crippen LogP contribution in [0.1, 0.15) is 55.7 Å². The van der Waals surface area contributed by atoms with E-state index in [-0.39, 0.29) is 11.2 Å². The van der Waals surface area contributed by atoms with Crippen LogP contribution in [0.4, 0.5) is 10.1 Å². The second-order valence-corrected chi connectivity index (χ2v) is 8.02. The maximum absolute atomic E-state index is 14.2. The topological polar surface area (TPSA) is 51.9 Å². The van der Waals surface area contributed by atoms with E-state index in [1.165, 1.54) is 6.07 Å². The highest BCUT2D eigenvalue weighted by Crippen LogP contribution is 2.41. The second-order valence-electron chi connectivity index (χ2n) is 8.02. The fourth-order valence-corrected chi connectivity index (χ4v) is 3.18. The van der Waals surface area contributed by atoms with Gasteiger partial charge in [0.2, 0.25) is 0 Å². The minimum absolute atomic E-state index is 0.143. The summed E-state index contributed by atoms with van der Waals surface area (Å²) in [7, 11) is 0. The fraction of sp³-hybridized carbons (Fsp3) is 0.333. The number of hydrogen-bond acceptors (Lipinski definition) is 2. The first-order chi connectivity index (χ1) is 12.8. The van der Waals surface area contributed by atoms with Crippen LogP contribution >= 0.6 is 0 Å². The highest BCUT2D eigenvalue weighted by molar-refractivity contribution is 6.03. The van der Waals surface area contributed by atoms with Crippen LogP contribution in [-0.2, 0) is 5.54 Å². The summed E-state index contributed by atoms with van der Waals surface area (Å²) in [5, 5.41) is 7.19. The van der Waals surface area contributed by atoms with Crippen molar-refractivity contribution in [3.05, 3.63) is 66.0 Å². The van der Waals surface area contributed by atoms with Gasteiger partial charge in [0.05, 0.1) is 11.2 Å². The predicted molar refractivity (Wildman–Crippen MR) is 103 cm³/mol. The Morgan fingerprint density at radius 2 is 1.89 bits per heavy atom. The fourth-order valence-electron chi connectivity index (χ4n) is 3.18. The molecule has 0 atom stereocenters. The maximum atomic E-state index is 14.2. The van der Waals surface area contributed by atoms with E-state index in [0.717, 1.165) is 24.2 Å². The van der Waals surface area contributed by atoms with E-state index in [9.17, 15) is 9.18 Å². The van der Waals surface area contributed by atoms with Crippen molar-refractivity contribution in [1.29, 1.82) is 0 Å². The molecule has 1 fully saturated rings. The average Bonchev–Trinajstić information content (AvgIpc) is 3.12. The van der Waals surface area contributed by atoms with Gasteiger partial charge in [0.25, 0.3) is 5.91 Å². The maximum Gasteiger partial charge on any atom is 0.276 e. The molecule has 1 aliphatic carbocycles. The summed E-state index contributed by atoms with van der Waals surface area (Å²) < 4.78 is 18.0. The van der Waals surface area contributed by atoms with Gasteiger partial charge in [-0.1, -0.05) is 0 Å². The SMILES string of the molecule is CC(C)(C)n1nc(C(=O)Nc2cc(-n3cccc3)ccc2F)cc1C1CC1. The van der Waals surface area contributed by atoms with Crippen LogP contribution in [0.25, 0.3) is 5.69 Å². The Bertz CT molecular complexity index is 978.